The van der Waals surface area contributed by atoms with Gasteiger partial charge in [-0.25, -0.2) is 4.85 Å². The molecule has 8 aromatic carbocycles. The van der Waals surface area contributed by atoms with Crippen LogP contribution < -0.4 is 0 Å². The van der Waals surface area contributed by atoms with Crippen molar-refractivity contribution in [3.8, 4) is 6.07 Å². The predicted octanol–water partition coefficient (Wildman–Crippen LogP) is 16.4. The van der Waals surface area contributed by atoms with Gasteiger partial charge < -0.3 is 8.80 Å². The molecule has 4 bridgehead atoms. The second-order valence-electron chi connectivity index (χ2n) is 22.8. The molecule has 68 heavy (non-hydrogen) atoms. The summed E-state index contributed by atoms with van der Waals surface area (Å²) in [7, 11) is 0. The Morgan fingerprint density at radius 1 is 0.485 bits per heavy atom. The van der Waals surface area contributed by atoms with E-state index in [1.807, 2.05) is 0 Å². The van der Waals surface area contributed by atoms with E-state index in [4.69, 9.17) is 6.57 Å². The maximum atomic E-state index is 11.3. The molecule has 0 saturated carbocycles. The average Bonchev–Trinajstić information content (AvgIpc) is 4.07. The van der Waals surface area contributed by atoms with Crippen molar-refractivity contribution < 1.29 is 0 Å². The van der Waals surface area contributed by atoms with Crippen molar-refractivity contribution in [3.63, 3.8) is 0 Å². The molecular formula is C64H46N4. The van der Waals surface area contributed by atoms with Crippen molar-refractivity contribution in [3.05, 3.63) is 205 Å². The molecule has 0 aliphatic heterocycles. The fraction of sp³-hybridized carbons (Fsp3) is 0.219. The van der Waals surface area contributed by atoms with Gasteiger partial charge in [-0.05, 0) is 139 Å². The minimum absolute atomic E-state index is 0.00428. The molecule has 18 rings (SSSR count). The fourth-order valence-electron chi connectivity index (χ4n) is 14.8. The number of fused-ring (bicyclic) bond motifs is 13. The highest BCUT2D eigenvalue weighted by Crippen LogP contribution is 2.62. The second kappa shape index (κ2) is 11.9. The van der Waals surface area contributed by atoms with Crippen molar-refractivity contribution in [2.24, 2.45) is 0 Å². The summed E-state index contributed by atoms with van der Waals surface area (Å²) in [6.07, 6.45) is 2.20. The lowest BCUT2D eigenvalue weighted by Crippen LogP contribution is -2.28. The lowest BCUT2D eigenvalue weighted by molar-refractivity contribution is 0.525. The van der Waals surface area contributed by atoms with Crippen molar-refractivity contribution in [2.75, 3.05) is 0 Å². The summed E-state index contributed by atoms with van der Waals surface area (Å²) < 4.78 is 5.07. The highest BCUT2D eigenvalue weighted by Gasteiger charge is 2.45. The fourth-order valence-corrected chi connectivity index (χ4v) is 14.8. The van der Waals surface area contributed by atoms with Crippen LogP contribution in [0.2, 0.25) is 0 Å². The first-order valence-electron chi connectivity index (χ1n) is 24.6. The summed E-state index contributed by atoms with van der Waals surface area (Å²) >= 11 is 0. The SMILES string of the molecule is [C-]#[N+]c1cc2c(c3c1C1CCC3c3ccccc31)c1cc(C(C)(C)C)cc3c4cc5c(cc4n2c31)c1cc(C(C)(C)C)cc2c3c4c(c(C#N)cc3n5c12)C1c2ccccc2C4c2ccccc21. The summed E-state index contributed by atoms with van der Waals surface area (Å²) in [5, 5.41) is 21.4. The Labute approximate surface area is 394 Å². The highest BCUT2D eigenvalue weighted by atomic mass is 14.9. The standard InChI is InChI=1S/C64H46N4/c1-63(2,3)32-23-44-43-27-49-42(28-50(43)68-52-29-48(66-7)56-40-20-21-41(35-15-9-8-14-34(35)40)59(56)57(52)46(25-32)61(44)68)45-24-33(64(4,5)6)26-47-58-51(67(49)62(45)47)22-31(30-65)53-54-36-16-10-12-18-38(36)55(60(53)58)39-19-13-11-17-37(39)54/h8-19,22-29,40-41,54-55H,20-21H2,1-6H3. The summed E-state index contributed by atoms with van der Waals surface area (Å²) in [6, 6.07) is 49.2. The third-order valence-electron chi connectivity index (χ3n) is 17.6. The summed E-state index contributed by atoms with van der Waals surface area (Å²) in [5.41, 5.74) is 24.5. The first kappa shape index (κ1) is 37.4. The predicted molar refractivity (Wildman–Crippen MR) is 278 cm³/mol. The van der Waals surface area contributed by atoms with Gasteiger partial charge in [0.15, 0.2) is 5.69 Å². The minimum atomic E-state index is -0.112. The van der Waals surface area contributed by atoms with Crippen LogP contribution in [0.25, 0.3) is 81.0 Å². The lowest BCUT2D eigenvalue weighted by atomic mass is 9.59. The van der Waals surface area contributed by atoms with Crippen LogP contribution in [0.1, 0.15) is 150 Å². The smallest absolute Gasteiger partial charge is 0.193 e. The van der Waals surface area contributed by atoms with E-state index in [2.05, 4.69) is 183 Å². The zero-order valence-corrected chi connectivity index (χ0v) is 39.1. The van der Waals surface area contributed by atoms with Gasteiger partial charge in [0.05, 0.1) is 45.8 Å². The first-order chi connectivity index (χ1) is 32.9. The molecule has 2 unspecified atom stereocenters. The molecule has 4 heterocycles. The summed E-state index contributed by atoms with van der Waals surface area (Å²) in [6.45, 7) is 22.7. The van der Waals surface area contributed by atoms with Crippen LogP contribution >= 0.6 is 0 Å². The topological polar surface area (TPSA) is 37.0 Å². The van der Waals surface area contributed by atoms with Crippen LogP contribution in [-0.2, 0) is 10.8 Å². The van der Waals surface area contributed by atoms with E-state index in [1.165, 1.54) is 132 Å². The Morgan fingerprint density at radius 3 is 1.38 bits per heavy atom. The van der Waals surface area contributed by atoms with Gasteiger partial charge in [0.1, 0.15) is 0 Å². The monoisotopic (exact) mass is 870 g/mol. The lowest BCUT2D eigenvalue weighted by Gasteiger charge is -2.43. The zero-order chi connectivity index (χ0) is 45.6. The molecule has 0 fully saturated rings. The molecule has 2 atom stereocenters. The Morgan fingerprint density at radius 2 is 0.912 bits per heavy atom. The molecule has 6 aliphatic carbocycles. The third-order valence-corrected chi connectivity index (χ3v) is 17.6. The minimum Gasteiger partial charge on any atom is -0.309 e. The van der Waals surface area contributed by atoms with Crippen molar-refractivity contribution in [2.45, 2.75) is 88.9 Å². The van der Waals surface area contributed by atoms with Gasteiger partial charge >= 0.3 is 0 Å². The van der Waals surface area contributed by atoms with Gasteiger partial charge in [-0.15, -0.1) is 0 Å². The van der Waals surface area contributed by atoms with Gasteiger partial charge in [-0.3, -0.25) is 0 Å². The first-order valence-corrected chi connectivity index (χ1v) is 24.6. The number of aromatic nitrogens is 2. The molecule has 4 heteroatoms. The van der Waals surface area contributed by atoms with Crippen LogP contribution in [0.3, 0.4) is 0 Å². The van der Waals surface area contributed by atoms with Gasteiger partial charge in [0.2, 0.25) is 0 Å². The largest absolute Gasteiger partial charge is 0.309 e. The quantitative estimate of drug-likeness (QED) is 0.140. The van der Waals surface area contributed by atoms with E-state index in [-0.39, 0.29) is 34.5 Å². The van der Waals surface area contributed by atoms with Gasteiger partial charge in [-0.2, -0.15) is 5.26 Å². The van der Waals surface area contributed by atoms with Gasteiger partial charge in [-0.1, -0.05) is 114 Å². The normalized spacial score (nSPS) is 19.2. The maximum Gasteiger partial charge on any atom is 0.193 e. The summed E-state index contributed by atoms with van der Waals surface area (Å²) in [5.74, 6) is 0.546. The van der Waals surface area contributed by atoms with Gasteiger partial charge in [0.25, 0.3) is 0 Å². The molecule has 0 amide bonds. The van der Waals surface area contributed by atoms with E-state index >= 15 is 0 Å². The van der Waals surface area contributed by atoms with Crippen LogP contribution in [0.4, 0.5) is 5.69 Å². The third kappa shape index (κ3) is 4.18. The van der Waals surface area contributed by atoms with E-state index in [1.54, 1.807) is 0 Å². The number of rotatable bonds is 0. The van der Waals surface area contributed by atoms with E-state index in [0.29, 0.717) is 0 Å². The molecular weight excluding hydrogens is 825 g/mol. The van der Waals surface area contributed by atoms with E-state index in [9.17, 15) is 5.26 Å². The number of nitriles is 1. The number of benzene rings is 8. The molecule has 4 nitrogen and oxygen atoms in total. The zero-order valence-electron chi connectivity index (χ0n) is 39.1. The van der Waals surface area contributed by atoms with Crippen LogP contribution in [0.15, 0.2) is 121 Å². The maximum absolute atomic E-state index is 11.3. The molecule has 12 aromatic rings. The molecule has 0 saturated heterocycles. The Kier molecular flexibility index (Phi) is 6.54. The van der Waals surface area contributed by atoms with Crippen LogP contribution in [-0.4, -0.2) is 8.80 Å². The second-order valence-corrected chi connectivity index (χ2v) is 22.8. The molecule has 4 aromatic heterocycles. The Bertz CT molecular complexity index is 4400. The molecule has 0 radical (unpaired) electrons. The number of nitrogens with zero attached hydrogens (tertiary/aromatic N) is 4. The highest BCUT2D eigenvalue weighted by molar-refractivity contribution is 6.30. The Balaban J connectivity index is 1.08. The summed E-state index contributed by atoms with van der Waals surface area (Å²) in [4.78, 5) is 4.36. The van der Waals surface area contributed by atoms with Crippen molar-refractivity contribution in [1.82, 2.24) is 8.80 Å². The Hall–Kier alpha value is -7.66. The molecule has 6 aliphatic rings. The molecule has 0 N–H and O–H groups in total. The number of hydrogen-bond donors (Lipinski definition) is 0. The van der Waals surface area contributed by atoms with Crippen LogP contribution in [0, 0.1) is 17.9 Å². The molecule has 322 valence electrons. The van der Waals surface area contributed by atoms with Crippen molar-refractivity contribution in [1.29, 1.82) is 5.26 Å². The van der Waals surface area contributed by atoms with Crippen molar-refractivity contribution >= 4 is 81.9 Å². The van der Waals surface area contributed by atoms with Crippen LogP contribution in [0.5, 0.6) is 0 Å². The average molecular weight is 871 g/mol. The van der Waals surface area contributed by atoms with E-state index < -0.39 is 0 Å². The van der Waals surface area contributed by atoms with Gasteiger partial charge in [0, 0.05) is 72.3 Å². The number of hydrogen-bond acceptors (Lipinski definition) is 1. The molecule has 0 spiro atoms. The van der Waals surface area contributed by atoms with E-state index in [0.717, 1.165) is 35.1 Å².